The first-order valence-corrected chi connectivity index (χ1v) is 4.90. The lowest BCUT2D eigenvalue weighted by molar-refractivity contribution is -0.143. The molecular formula is C11H17NO4. The summed E-state index contributed by atoms with van der Waals surface area (Å²) in [5, 5.41) is 8.63. The number of hydrogen-bond acceptors (Lipinski definition) is 3. The van der Waals surface area contributed by atoms with E-state index in [1.807, 2.05) is 6.92 Å². The first-order chi connectivity index (χ1) is 7.61. The van der Waals surface area contributed by atoms with Crippen molar-refractivity contribution in [1.82, 2.24) is 4.90 Å². The van der Waals surface area contributed by atoms with Crippen molar-refractivity contribution < 1.29 is 19.4 Å². The number of allylic oxidation sites excluding steroid dienone is 3. The second-order valence-electron chi connectivity index (χ2n) is 3.03. The zero-order chi connectivity index (χ0) is 12.4. The van der Waals surface area contributed by atoms with Gasteiger partial charge in [-0.15, -0.1) is 0 Å². The highest BCUT2D eigenvalue weighted by molar-refractivity contribution is 5.90. The van der Waals surface area contributed by atoms with Crippen molar-refractivity contribution in [2.75, 3.05) is 26.8 Å². The molecule has 5 heteroatoms. The van der Waals surface area contributed by atoms with Gasteiger partial charge in [-0.3, -0.25) is 9.59 Å². The third-order valence-electron chi connectivity index (χ3n) is 1.75. The van der Waals surface area contributed by atoms with Crippen LogP contribution in [0.3, 0.4) is 0 Å². The van der Waals surface area contributed by atoms with Crippen LogP contribution in [0.5, 0.6) is 0 Å². The Morgan fingerprint density at radius 1 is 1.38 bits per heavy atom. The third-order valence-corrected chi connectivity index (χ3v) is 1.75. The minimum Gasteiger partial charge on any atom is -0.480 e. The van der Waals surface area contributed by atoms with Gasteiger partial charge in [0.1, 0.15) is 6.54 Å². The molecule has 0 saturated heterocycles. The number of carbonyl (C=O) groups excluding carboxylic acids is 1. The number of methoxy groups -OCH3 is 1. The molecule has 0 heterocycles. The second-order valence-corrected chi connectivity index (χ2v) is 3.03. The van der Waals surface area contributed by atoms with Gasteiger partial charge in [-0.05, 0) is 6.92 Å². The van der Waals surface area contributed by atoms with E-state index in [1.54, 1.807) is 18.2 Å². The Morgan fingerprint density at radius 3 is 2.56 bits per heavy atom. The summed E-state index contributed by atoms with van der Waals surface area (Å²) in [5.41, 5.74) is 0. The molecule has 0 fully saturated rings. The number of hydrogen-bond donors (Lipinski definition) is 1. The lowest BCUT2D eigenvalue weighted by atomic mass is 10.3. The Morgan fingerprint density at radius 2 is 2.06 bits per heavy atom. The Kier molecular flexibility index (Phi) is 7.79. The SMILES string of the molecule is C/C=C/C=C/C(=O)N(CCOC)CC(=O)O. The van der Waals surface area contributed by atoms with E-state index in [2.05, 4.69) is 0 Å². The number of nitrogens with zero attached hydrogens (tertiary/aromatic N) is 1. The molecule has 0 spiro atoms. The van der Waals surface area contributed by atoms with Crippen molar-refractivity contribution in [2.24, 2.45) is 0 Å². The van der Waals surface area contributed by atoms with Crippen LogP contribution in [0, 0.1) is 0 Å². The molecule has 16 heavy (non-hydrogen) atoms. The van der Waals surface area contributed by atoms with Gasteiger partial charge in [-0.2, -0.15) is 0 Å². The fourth-order valence-corrected chi connectivity index (χ4v) is 0.986. The molecule has 0 aliphatic heterocycles. The van der Waals surface area contributed by atoms with Gasteiger partial charge >= 0.3 is 5.97 Å². The number of carbonyl (C=O) groups is 2. The fourth-order valence-electron chi connectivity index (χ4n) is 0.986. The van der Waals surface area contributed by atoms with Gasteiger partial charge in [0.05, 0.1) is 6.61 Å². The lowest BCUT2D eigenvalue weighted by Crippen LogP contribution is -2.36. The first kappa shape index (κ1) is 14.4. The van der Waals surface area contributed by atoms with Gasteiger partial charge in [0, 0.05) is 19.7 Å². The first-order valence-electron chi connectivity index (χ1n) is 4.90. The van der Waals surface area contributed by atoms with Crippen molar-refractivity contribution in [1.29, 1.82) is 0 Å². The summed E-state index contributed by atoms with van der Waals surface area (Å²) in [7, 11) is 1.50. The van der Waals surface area contributed by atoms with Crippen LogP contribution in [-0.2, 0) is 14.3 Å². The number of aliphatic carboxylic acids is 1. The highest BCUT2D eigenvalue weighted by Gasteiger charge is 2.13. The van der Waals surface area contributed by atoms with Crippen LogP contribution in [0.2, 0.25) is 0 Å². The van der Waals surface area contributed by atoms with Gasteiger partial charge < -0.3 is 14.7 Å². The standard InChI is InChI=1S/C11H17NO4/c1-3-4-5-6-10(13)12(7-8-16-2)9-11(14)15/h3-6H,7-9H2,1-2H3,(H,14,15)/b4-3+,6-5+. The average Bonchev–Trinajstić information content (AvgIpc) is 2.23. The predicted octanol–water partition coefficient (Wildman–Crippen LogP) is 0.678. The molecule has 0 aliphatic carbocycles. The van der Waals surface area contributed by atoms with E-state index in [1.165, 1.54) is 18.1 Å². The van der Waals surface area contributed by atoms with Crippen LogP contribution in [0.1, 0.15) is 6.92 Å². The van der Waals surface area contributed by atoms with E-state index in [0.29, 0.717) is 6.61 Å². The van der Waals surface area contributed by atoms with Crippen molar-refractivity contribution in [3.63, 3.8) is 0 Å². The van der Waals surface area contributed by atoms with Crippen LogP contribution in [0.15, 0.2) is 24.3 Å². The summed E-state index contributed by atoms with van der Waals surface area (Å²) in [4.78, 5) is 23.3. The zero-order valence-corrected chi connectivity index (χ0v) is 9.55. The van der Waals surface area contributed by atoms with Gasteiger partial charge in [0.15, 0.2) is 0 Å². The summed E-state index contributed by atoms with van der Waals surface area (Å²) >= 11 is 0. The van der Waals surface area contributed by atoms with E-state index >= 15 is 0 Å². The molecule has 0 atom stereocenters. The maximum absolute atomic E-state index is 11.5. The van der Waals surface area contributed by atoms with Crippen LogP contribution in [0.4, 0.5) is 0 Å². The summed E-state index contributed by atoms with van der Waals surface area (Å²) in [6.45, 7) is 2.09. The highest BCUT2D eigenvalue weighted by atomic mass is 16.5. The van der Waals surface area contributed by atoms with E-state index in [4.69, 9.17) is 9.84 Å². The molecule has 0 saturated carbocycles. The van der Waals surface area contributed by atoms with Gasteiger partial charge in [0.2, 0.25) is 5.91 Å². The minimum atomic E-state index is -1.04. The van der Waals surface area contributed by atoms with Gasteiger partial charge in [0.25, 0.3) is 0 Å². The quantitative estimate of drug-likeness (QED) is 0.513. The molecule has 0 bridgehead atoms. The summed E-state index contributed by atoms with van der Waals surface area (Å²) in [5.74, 6) is -1.37. The van der Waals surface area contributed by atoms with Crippen LogP contribution >= 0.6 is 0 Å². The second kappa shape index (κ2) is 8.67. The summed E-state index contributed by atoms with van der Waals surface area (Å²) in [6.07, 6.45) is 6.39. The van der Waals surface area contributed by atoms with Crippen molar-refractivity contribution >= 4 is 11.9 Å². The molecule has 0 aliphatic rings. The lowest BCUT2D eigenvalue weighted by Gasteiger charge is -2.18. The Balaban J connectivity index is 4.36. The maximum atomic E-state index is 11.5. The average molecular weight is 227 g/mol. The third kappa shape index (κ3) is 6.78. The molecule has 0 aromatic rings. The molecule has 0 rings (SSSR count). The van der Waals surface area contributed by atoms with Crippen molar-refractivity contribution in [3.05, 3.63) is 24.3 Å². The predicted molar refractivity (Wildman–Crippen MR) is 60.0 cm³/mol. The largest absolute Gasteiger partial charge is 0.480 e. The molecular weight excluding hydrogens is 210 g/mol. The maximum Gasteiger partial charge on any atom is 0.323 e. The molecule has 0 aromatic carbocycles. The monoisotopic (exact) mass is 227 g/mol. The number of carboxylic acids is 1. The zero-order valence-electron chi connectivity index (χ0n) is 9.55. The van der Waals surface area contributed by atoms with Crippen LogP contribution in [-0.4, -0.2) is 48.7 Å². The Hall–Kier alpha value is -1.62. The molecule has 90 valence electrons. The molecule has 5 nitrogen and oxygen atoms in total. The van der Waals surface area contributed by atoms with Crippen LogP contribution in [0.25, 0.3) is 0 Å². The van der Waals surface area contributed by atoms with E-state index < -0.39 is 5.97 Å². The highest BCUT2D eigenvalue weighted by Crippen LogP contribution is 1.93. The molecule has 0 radical (unpaired) electrons. The minimum absolute atomic E-state index is 0.266. The van der Waals surface area contributed by atoms with Gasteiger partial charge in [-0.25, -0.2) is 0 Å². The van der Waals surface area contributed by atoms with E-state index in [-0.39, 0.29) is 19.0 Å². The Bertz CT molecular complexity index is 284. The van der Waals surface area contributed by atoms with Gasteiger partial charge in [-0.1, -0.05) is 18.2 Å². The topological polar surface area (TPSA) is 66.8 Å². The van der Waals surface area contributed by atoms with E-state index in [0.717, 1.165) is 0 Å². The summed E-state index contributed by atoms with van der Waals surface area (Å²) < 4.78 is 4.80. The number of carboxylic acid groups (broad SMARTS) is 1. The molecule has 0 aromatic heterocycles. The fraction of sp³-hybridized carbons (Fsp3) is 0.455. The smallest absolute Gasteiger partial charge is 0.323 e. The van der Waals surface area contributed by atoms with E-state index in [9.17, 15) is 9.59 Å². The Labute approximate surface area is 95.0 Å². The number of amides is 1. The van der Waals surface area contributed by atoms with Crippen LogP contribution < -0.4 is 0 Å². The number of rotatable bonds is 7. The van der Waals surface area contributed by atoms with Crippen molar-refractivity contribution in [3.8, 4) is 0 Å². The summed E-state index contributed by atoms with van der Waals surface area (Å²) in [6, 6.07) is 0. The molecule has 0 unspecified atom stereocenters. The molecule has 1 amide bonds. The van der Waals surface area contributed by atoms with Crippen molar-refractivity contribution in [2.45, 2.75) is 6.92 Å². The number of ether oxygens (including phenoxy) is 1. The molecule has 1 N–H and O–H groups in total. The normalized spacial score (nSPS) is 11.1.